The second-order valence-corrected chi connectivity index (χ2v) is 9.06. The summed E-state index contributed by atoms with van der Waals surface area (Å²) < 4.78 is 11.1. The van der Waals surface area contributed by atoms with Gasteiger partial charge in [0, 0.05) is 66.0 Å². The lowest BCUT2D eigenvalue weighted by Gasteiger charge is -2.31. The zero-order chi connectivity index (χ0) is 21.2. The van der Waals surface area contributed by atoms with E-state index in [0.717, 1.165) is 54.5 Å². The summed E-state index contributed by atoms with van der Waals surface area (Å²) in [7, 11) is 1.57. The second-order valence-electron chi connectivity index (χ2n) is 7.52. The third-order valence-electron chi connectivity index (χ3n) is 5.46. The Balaban J connectivity index is 1.42. The van der Waals surface area contributed by atoms with Crippen LogP contribution in [-0.2, 0) is 13.1 Å². The molecule has 0 aliphatic carbocycles. The zero-order valence-electron chi connectivity index (χ0n) is 17.3. The standard InChI is InChI=1S/C23H23ClN4O2S/c1-29-23-25-12-16(13-26-23)14-27-6-8-30-22-17(15-27)10-18(11-19(22)24)28-7-9-31-21-5-3-2-4-20(21)28/h2-5,10-13H,6-9,14-15H2,1H3. The molecule has 160 valence electrons. The molecule has 0 atom stereocenters. The monoisotopic (exact) mass is 454 g/mol. The van der Waals surface area contributed by atoms with Gasteiger partial charge in [-0.25, -0.2) is 9.97 Å². The van der Waals surface area contributed by atoms with Gasteiger partial charge in [-0.1, -0.05) is 23.7 Å². The summed E-state index contributed by atoms with van der Waals surface area (Å²) >= 11 is 8.60. The molecule has 0 spiro atoms. The second kappa shape index (κ2) is 8.94. The highest BCUT2D eigenvalue weighted by Gasteiger charge is 2.23. The number of halogens is 1. The van der Waals surface area contributed by atoms with Crippen LogP contribution in [0.15, 0.2) is 53.7 Å². The maximum absolute atomic E-state index is 6.70. The van der Waals surface area contributed by atoms with E-state index in [9.17, 15) is 0 Å². The Labute approximate surface area is 191 Å². The van der Waals surface area contributed by atoms with Crippen molar-refractivity contribution < 1.29 is 9.47 Å². The topological polar surface area (TPSA) is 50.7 Å². The average molecular weight is 455 g/mol. The summed E-state index contributed by atoms with van der Waals surface area (Å²) in [6.45, 7) is 3.82. The fraction of sp³-hybridized carbons (Fsp3) is 0.304. The maximum Gasteiger partial charge on any atom is 0.316 e. The number of ether oxygens (including phenoxy) is 2. The predicted molar refractivity (Wildman–Crippen MR) is 124 cm³/mol. The van der Waals surface area contributed by atoms with Gasteiger partial charge in [0.1, 0.15) is 12.4 Å². The number of nitrogens with zero attached hydrogens (tertiary/aromatic N) is 4. The van der Waals surface area contributed by atoms with Crippen LogP contribution in [0.1, 0.15) is 11.1 Å². The van der Waals surface area contributed by atoms with Gasteiger partial charge in [0.2, 0.25) is 0 Å². The minimum Gasteiger partial charge on any atom is -0.490 e. The summed E-state index contributed by atoms with van der Waals surface area (Å²) in [4.78, 5) is 14.4. The van der Waals surface area contributed by atoms with Gasteiger partial charge < -0.3 is 14.4 Å². The number of anilines is 2. The molecule has 0 unspecified atom stereocenters. The minimum absolute atomic E-state index is 0.379. The van der Waals surface area contributed by atoms with E-state index in [-0.39, 0.29) is 0 Å². The molecule has 6 nitrogen and oxygen atoms in total. The first kappa shape index (κ1) is 20.4. The van der Waals surface area contributed by atoms with E-state index in [2.05, 4.69) is 50.1 Å². The van der Waals surface area contributed by atoms with Crippen LogP contribution in [0.5, 0.6) is 11.8 Å². The molecule has 0 fully saturated rings. The molecular formula is C23H23ClN4O2S. The third-order valence-corrected chi connectivity index (χ3v) is 6.79. The first-order valence-corrected chi connectivity index (χ1v) is 11.6. The van der Waals surface area contributed by atoms with Crippen molar-refractivity contribution in [2.45, 2.75) is 18.0 Å². The van der Waals surface area contributed by atoms with Gasteiger partial charge in [-0.15, -0.1) is 11.8 Å². The summed E-state index contributed by atoms with van der Waals surface area (Å²) in [6.07, 6.45) is 3.62. The van der Waals surface area contributed by atoms with E-state index in [1.54, 1.807) is 7.11 Å². The van der Waals surface area contributed by atoms with Gasteiger partial charge in [-0.3, -0.25) is 4.90 Å². The van der Waals surface area contributed by atoms with Crippen LogP contribution in [0.25, 0.3) is 0 Å². The molecule has 1 aromatic heterocycles. The number of hydrogen-bond donors (Lipinski definition) is 0. The molecule has 0 bridgehead atoms. The Morgan fingerprint density at radius 1 is 1.16 bits per heavy atom. The summed E-state index contributed by atoms with van der Waals surface area (Å²) in [6, 6.07) is 13.2. The molecule has 2 aliphatic rings. The highest BCUT2D eigenvalue weighted by Crippen LogP contribution is 2.42. The fourth-order valence-corrected chi connectivity index (χ4v) is 5.31. The molecule has 0 amide bonds. The van der Waals surface area contributed by atoms with Crippen molar-refractivity contribution in [1.29, 1.82) is 0 Å². The Hall–Kier alpha value is -2.48. The highest BCUT2D eigenvalue weighted by molar-refractivity contribution is 7.99. The molecule has 0 saturated heterocycles. The number of rotatable bonds is 4. The molecule has 0 saturated carbocycles. The van der Waals surface area contributed by atoms with E-state index in [1.165, 1.54) is 10.6 Å². The van der Waals surface area contributed by atoms with Crippen LogP contribution in [0.4, 0.5) is 11.4 Å². The first-order chi connectivity index (χ1) is 15.2. The molecule has 5 rings (SSSR count). The smallest absolute Gasteiger partial charge is 0.316 e. The number of methoxy groups -OCH3 is 1. The van der Waals surface area contributed by atoms with E-state index in [0.29, 0.717) is 17.6 Å². The quantitative estimate of drug-likeness (QED) is 0.562. The highest BCUT2D eigenvalue weighted by atomic mass is 35.5. The largest absolute Gasteiger partial charge is 0.490 e. The van der Waals surface area contributed by atoms with Crippen LogP contribution >= 0.6 is 23.4 Å². The minimum atomic E-state index is 0.379. The number of thioether (sulfide) groups is 1. The average Bonchev–Trinajstić information content (AvgIpc) is 3.01. The summed E-state index contributed by atoms with van der Waals surface area (Å²) in [5.74, 6) is 1.84. The van der Waals surface area contributed by atoms with Crippen molar-refractivity contribution in [3.8, 4) is 11.8 Å². The van der Waals surface area contributed by atoms with Crippen LogP contribution < -0.4 is 14.4 Å². The van der Waals surface area contributed by atoms with Crippen LogP contribution in [0.3, 0.4) is 0 Å². The molecule has 8 heteroatoms. The summed E-state index contributed by atoms with van der Waals surface area (Å²) in [5.41, 5.74) is 4.48. The SMILES string of the molecule is COc1ncc(CN2CCOc3c(Cl)cc(N4CCSc5ccccc54)cc3C2)cn1. The van der Waals surface area contributed by atoms with Gasteiger partial charge in [0.25, 0.3) is 0 Å². The van der Waals surface area contributed by atoms with Gasteiger partial charge in [0.15, 0.2) is 0 Å². The molecule has 0 radical (unpaired) electrons. The number of hydrogen-bond acceptors (Lipinski definition) is 7. The molecule has 2 aliphatic heterocycles. The molecule has 2 aromatic carbocycles. The molecular weight excluding hydrogens is 432 g/mol. The Morgan fingerprint density at radius 2 is 2.00 bits per heavy atom. The molecule has 3 heterocycles. The Bertz CT molecular complexity index is 1080. The van der Waals surface area contributed by atoms with Gasteiger partial charge in [-0.2, -0.15) is 0 Å². The molecule has 0 N–H and O–H groups in total. The molecule has 31 heavy (non-hydrogen) atoms. The lowest BCUT2D eigenvalue weighted by atomic mass is 10.1. The van der Waals surface area contributed by atoms with Gasteiger partial charge in [0.05, 0.1) is 17.8 Å². The lowest BCUT2D eigenvalue weighted by molar-refractivity contribution is 0.219. The molecule has 3 aromatic rings. The van der Waals surface area contributed by atoms with E-state index in [1.807, 2.05) is 30.2 Å². The van der Waals surface area contributed by atoms with Crippen molar-refractivity contribution in [3.05, 3.63) is 64.9 Å². The number of aromatic nitrogens is 2. The number of para-hydroxylation sites is 1. The van der Waals surface area contributed by atoms with E-state index < -0.39 is 0 Å². The Kier molecular flexibility index (Phi) is 5.89. The summed E-state index contributed by atoms with van der Waals surface area (Å²) in [5, 5.41) is 0.665. The normalized spacial score (nSPS) is 16.1. The van der Waals surface area contributed by atoms with Crippen LogP contribution in [0, 0.1) is 0 Å². The van der Waals surface area contributed by atoms with Crippen LogP contribution in [0.2, 0.25) is 5.02 Å². The van der Waals surface area contributed by atoms with Gasteiger partial charge >= 0.3 is 6.01 Å². The van der Waals surface area contributed by atoms with Crippen LogP contribution in [-0.4, -0.2) is 47.4 Å². The van der Waals surface area contributed by atoms with E-state index >= 15 is 0 Å². The van der Waals surface area contributed by atoms with Crippen molar-refractivity contribution in [2.75, 3.05) is 37.5 Å². The lowest BCUT2D eigenvalue weighted by Crippen LogP contribution is -2.26. The fourth-order valence-electron chi connectivity index (χ4n) is 4.03. The third kappa shape index (κ3) is 4.31. The number of fused-ring (bicyclic) bond motifs is 2. The van der Waals surface area contributed by atoms with Gasteiger partial charge in [-0.05, 0) is 24.3 Å². The Morgan fingerprint density at radius 3 is 2.84 bits per heavy atom. The predicted octanol–water partition coefficient (Wildman–Crippen LogP) is 4.78. The van der Waals surface area contributed by atoms with Crippen molar-refractivity contribution in [1.82, 2.24) is 14.9 Å². The van der Waals surface area contributed by atoms with E-state index in [4.69, 9.17) is 21.1 Å². The first-order valence-electron chi connectivity index (χ1n) is 10.2. The van der Waals surface area contributed by atoms with Crippen molar-refractivity contribution in [2.24, 2.45) is 0 Å². The van der Waals surface area contributed by atoms with Crippen molar-refractivity contribution >= 4 is 34.7 Å². The van der Waals surface area contributed by atoms with Crippen molar-refractivity contribution in [3.63, 3.8) is 0 Å². The zero-order valence-corrected chi connectivity index (χ0v) is 18.8. The number of benzene rings is 2. The maximum atomic E-state index is 6.70.